The van der Waals surface area contributed by atoms with Crippen molar-refractivity contribution in [1.29, 1.82) is 0 Å². The molecule has 0 aliphatic carbocycles. The number of carbonyl (C=O) groups is 13. The number of ketones is 1. The third-order valence-corrected chi connectivity index (χ3v) is 24.1. The molecule has 6 aliphatic rings. The number of allylic oxidation sites excluding steroid dienone is 2. The quantitative estimate of drug-likeness (QED) is 0.0422. The summed E-state index contributed by atoms with van der Waals surface area (Å²) >= 11 is 0. The first-order valence-electron chi connectivity index (χ1n) is 48.9. The lowest BCUT2D eigenvalue weighted by atomic mass is 9.96. The SMILES string of the molecule is CCNC(=O)C(=O)[C@@H]1CCCCCCCCc2ccccc2C(=O)N1.O=CC1CCCCCCOc2ccccc2C(=O)N1.O=C[C@@H]1C/C=C/CCCCCCCc2ccccc2C(=O)N1.O=C[C@@H]1C/C=C/CCCOc2ccccc2C(=O)N1.O=C[C@@H]1Cc2ccccc2CCCCCCOc2ccccc2C(=O)N1.O=C[C@@H]1Cc2ccccc2CCCOCCCn2cncc2C(=O)N1. The molecule has 724 valence electrons. The van der Waals surface area contributed by atoms with Gasteiger partial charge in [-0.05, 0) is 224 Å². The number of carbonyl (C=O) groups excluding carboxylic acids is 13. The van der Waals surface area contributed by atoms with Gasteiger partial charge < -0.3 is 84.7 Å². The van der Waals surface area contributed by atoms with E-state index in [1.165, 1.54) is 49.4 Å². The zero-order valence-corrected chi connectivity index (χ0v) is 78.8. The van der Waals surface area contributed by atoms with E-state index in [1.54, 1.807) is 78.5 Å². The number of ether oxygens (including phenoxy) is 4. The van der Waals surface area contributed by atoms with E-state index < -0.39 is 47.9 Å². The molecule has 0 bridgehead atoms. The molecule has 0 saturated carbocycles. The van der Waals surface area contributed by atoms with Crippen LogP contribution >= 0.6 is 0 Å². The fourth-order valence-electron chi connectivity index (χ4n) is 16.6. The summed E-state index contributed by atoms with van der Waals surface area (Å²) in [6, 6.07) is 49.7. The molecule has 26 nitrogen and oxygen atoms in total. The van der Waals surface area contributed by atoms with E-state index in [-0.39, 0.29) is 35.4 Å². The number of hydrogen-bond donors (Lipinski definition) is 7. The molecule has 7 heterocycles. The summed E-state index contributed by atoms with van der Waals surface area (Å²) in [5.74, 6) is -0.923. The van der Waals surface area contributed by atoms with Gasteiger partial charge in [-0.1, -0.05) is 229 Å². The molecule has 8 aromatic rings. The van der Waals surface area contributed by atoms with Gasteiger partial charge >= 0.3 is 0 Å². The van der Waals surface area contributed by atoms with Crippen LogP contribution in [0, 0.1) is 0 Å². The van der Waals surface area contributed by atoms with E-state index >= 15 is 0 Å². The van der Waals surface area contributed by atoms with Crippen molar-refractivity contribution < 1.29 is 81.3 Å². The van der Waals surface area contributed by atoms with Gasteiger partial charge in [-0.15, -0.1) is 0 Å². The zero-order valence-electron chi connectivity index (χ0n) is 78.8. The molecule has 6 aliphatic heterocycles. The van der Waals surface area contributed by atoms with Crippen LogP contribution in [0.15, 0.2) is 207 Å². The molecule has 7 aromatic carbocycles. The molecule has 0 saturated heterocycles. The van der Waals surface area contributed by atoms with E-state index in [2.05, 4.69) is 60.4 Å². The Kier molecular flexibility index (Phi) is 48.9. The van der Waals surface area contributed by atoms with Gasteiger partial charge in [-0.2, -0.15) is 0 Å². The van der Waals surface area contributed by atoms with Crippen LogP contribution in [-0.2, 0) is 83.4 Å². The number of aromatic nitrogens is 2. The first-order chi connectivity index (χ1) is 66.6. The molecule has 0 fully saturated rings. The molecule has 1 unspecified atom stereocenters. The van der Waals surface area contributed by atoms with Crippen molar-refractivity contribution in [3.05, 3.63) is 274 Å². The zero-order chi connectivity index (χ0) is 96.4. The smallest absolute Gasteiger partial charge is 0.289 e. The third kappa shape index (κ3) is 37.6. The lowest BCUT2D eigenvalue weighted by Crippen LogP contribution is -2.47. The van der Waals surface area contributed by atoms with Crippen molar-refractivity contribution in [2.24, 2.45) is 0 Å². The molecule has 1 aromatic heterocycles. The van der Waals surface area contributed by atoms with E-state index in [1.807, 2.05) is 115 Å². The van der Waals surface area contributed by atoms with Crippen molar-refractivity contribution in [3.8, 4) is 17.2 Å². The Labute approximate surface area is 800 Å². The van der Waals surface area contributed by atoms with E-state index in [4.69, 9.17) is 18.9 Å². The van der Waals surface area contributed by atoms with Gasteiger partial charge in [0.2, 0.25) is 5.78 Å². The summed E-state index contributed by atoms with van der Waals surface area (Å²) in [7, 11) is 0. The van der Waals surface area contributed by atoms with Crippen molar-refractivity contribution in [3.63, 3.8) is 0 Å². The van der Waals surface area contributed by atoms with Gasteiger partial charge in [-0.25, -0.2) is 4.98 Å². The molecule has 136 heavy (non-hydrogen) atoms. The minimum absolute atomic E-state index is 0.143. The lowest BCUT2D eigenvalue weighted by Gasteiger charge is -2.18. The maximum Gasteiger partial charge on any atom is 0.289 e. The molecule has 7 amide bonds. The minimum Gasteiger partial charge on any atom is -0.493 e. The van der Waals surface area contributed by atoms with Crippen molar-refractivity contribution in [2.45, 2.75) is 268 Å². The number of nitrogens with zero attached hydrogens (tertiary/aromatic N) is 2. The van der Waals surface area contributed by atoms with Crippen LogP contribution in [-0.4, -0.2) is 164 Å². The number of amides is 7. The van der Waals surface area contributed by atoms with Crippen molar-refractivity contribution in [1.82, 2.24) is 46.8 Å². The highest BCUT2D eigenvalue weighted by molar-refractivity contribution is 6.38. The molecular formula is C110H137N9O17. The van der Waals surface area contributed by atoms with Crippen molar-refractivity contribution in [2.75, 3.05) is 39.6 Å². The van der Waals surface area contributed by atoms with Crippen LogP contribution in [0.2, 0.25) is 0 Å². The summed E-state index contributed by atoms with van der Waals surface area (Å²) in [5, 5.41) is 19.3. The maximum absolute atomic E-state index is 12.7. The Hall–Kier alpha value is -13.1. The summed E-state index contributed by atoms with van der Waals surface area (Å²) in [6.45, 7) is 5.98. The van der Waals surface area contributed by atoms with Gasteiger partial charge in [-0.3, -0.25) is 38.4 Å². The number of aryl methyl sites for hydroxylation is 5. The number of fused-ring (bicyclic) bond motifs is 8. The average Bonchev–Trinajstić information content (AvgIpc) is 1.56. The molecular weight excluding hydrogens is 1720 g/mol. The highest BCUT2D eigenvalue weighted by Gasteiger charge is 2.29. The fraction of sp³-hybridized carbons (Fsp3) is 0.436. The summed E-state index contributed by atoms with van der Waals surface area (Å²) < 4.78 is 24.6. The Morgan fingerprint density at radius 3 is 1.21 bits per heavy atom. The van der Waals surface area contributed by atoms with Gasteiger partial charge in [0.05, 0.1) is 85.3 Å². The van der Waals surface area contributed by atoms with E-state index in [0.717, 1.165) is 201 Å². The molecule has 6 atom stereocenters. The molecule has 7 N–H and O–H groups in total. The number of rotatable bonds is 8. The number of Topliss-reactive ketones (excluding diaryl/α,β-unsaturated/α-hetero) is 1. The molecule has 0 radical (unpaired) electrons. The number of imidazole rings is 1. The third-order valence-electron chi connectivity index (χ3n) is 24.1. The van der Waals surface area contributed by atoms with Gasteiger partial charge in [0.15, 0.2) is 0 Å². The number of aldehydes is 5. The Morgan fingerprint density at radius 2 is 0.713 bits per heavy atom. The number of likely N-dealkylation sites (N-methyl/N-ethyl adjacent to an activating group) is 1. The summed E-state index contributed by atoms with van der Waals surface area (Å²) in [5.41, 5.74) is 9.98. The van der Waals surface area contributed by atoms with Gasteiger partial charge in [0, 0.05) is 37.4 Å². The summed E-state index contributed by atoms with van der Waals surface area (Å²) in [6.07, 6.45) is 47.6. The fourth-order valence-corrected chi connectivity index (χ4v) is 16.6. The number of benzene rings is 7. The second kappa shape index (κ2) is 62.5. The first-order valence-corrected chi connectivity index (χ1v) is 48.9. The Morgan fingerprint density at radius 1 is 0.353 bits per heavy atom. The van der Waals surface area contributed by atoms with Crippen molar-refractivity contribution >= 4 is 78.6 Å². The van der Waals surface area contributed by atoms with Crippen LogP contribution in [0.25, 0.3) is 0 Å². The van der Waals surface area contributed by atoms with Crippen LogP contribution in [0.5, 0.6) is 17.2 Å². The number of hydrogen-bond acceptors (Lipinski definition) is 18. The van der Waals surface area contributed by atoms with E-state index in [9.17, 15) is 62.3 Å². The predicted octanol–water partition coefficient (Wildman–Crippen LogP) is 16.5. The van der Waals surface area contributed by atoms with Crippen LogP contribution < -0.4 is 51.4 Å². The highest BCUT2D eigenvalue weighted by Crippen LogP contribution is 2.27. The average molecular weight is 1860 g/mol. The standard InChI is InChI=1S/C22H25NO3.C20H28N2O3.C19H23N3O3.C19H25NO2.C15H19NO3.C15H17NO3/c24-16-19-15-18-11-5-4-10-17(18)9-3-1-2-8-14-26-21-13-7-6-12-20(21)22(25)23-19;1-2-21-20(25)18(23)17-14-8-6-4-3-5-7-11-15-12-9-10-13-16(15)19(24)22-17;23-13-17-11-16-6-2-1-5-15(16)7-3-9-25-10-4-8-22-14-20-12-18(22)19(24)21-17;21-15-17-13-8-6-4-2-1-3-5-7-11-16-12-9-10-14-18(16)19(22)20-17;2*17-11-12-7-3-1-2-6-10-19-14-9-5-4-8-13(14)15(18)16-12/h4-7,10-13,16,19H,1-3,8-9,14-15H2,(H,23,25);9-10,12-13,17H,2-8,11,14H2,1H3,(H,21,25)(H,22,24);1-2,5-6,12-14,17H,3-4,7-11H2,(H,21,24);6,8-10,12,14-15,17H,1-5,7,11,13H2,(H,20,22);4-5,8-9,11-12H,1-3,6-7,10H2,(H,16,18);1,3-5,8-9,11-12H,2,6-7,10H2,(H,16,18)/b;;;8-6+;;3-1+/t19-;3*17-;;12-/m0000.0/s1. The van der Waals surface area contributed by atoms with Crippen LogP contribution in [0.4, 0.5) is 0 Å². The second-order valence-electron chi connectivity index (χ2n) is 34.6. The van der Waals surface area contributed by atoms with Gasteiger partial charge in [0.25, 0.3) is 41.4 Å². The van der Waals surface area contributed by atoms with E-state index in [0.29, 0.717) is 135 Å². The normalized spacial score (nSPS) is 20.4. The Balaban J connectivity index is 0.000000184. The summed E-state index contributed by atoms with van der Waals surface area (Å²) in [4.78, 5) is 159. The molecule has 26 heteroatoms. The first kappa shape index (κ1) is 107. The van der Waals surface area contributed by atoms with Crippen LogP contribution in [0.1, 0.15) is 282 Å². The van der Waals surface area contributed by atoms with Crippen LogP contribution in [0.3, 0.4) is 0 Å². The monoisotopic (exact) mass is 1860 g/mol. The lowest BCUT2D eigenvalue weighted by molar-refractivity contribution is -0.139. The highest BCUT2D eigenvalue weighted by atomic mass is 16.5. The second-order valence-corrected chi connectivity index (χ2v) is 34.6. The largest absolute Gasteiger partial charge is 0.493 e. The Bertz CT molecular complexity index is 5160. The molecule has 14 rings (SSSR count). The number of nitrogens with one attached hydrogen (secondary N) is 7. The van der Waals surface area contributed by atoms with Gasteiger partial charge in [0.1, 0.15) is 54.4 Å². The maximum atomic E-state index is 12.7. The minimum atomic E-state index is -0.757. The number of para-hydroxylation sites is 3. The topological polar surface area (TPSA) is 361 Å². The molecule has 0 spiro atoms. The predicted molar refractivity (Wildman–Crippen MR) is 526 cm³/mol.